The number of likely N-dealkylation sites (N-methyl/N-ethyl adjacent to an activating group) is 1. The zero-order chi connectivity index (χ0) is 28.5. The van der Waals surface area contributed by atoms with E-state index in [4.69, 9.17) is 14.7 Å². The zero-order valence-electron chi connectivity index (χ0n) is 23.9. The summed E-state index contributed by atoms with van der Waals surface area (Å²) in [6.07, 6.45) is 3.73. The maximum absolute atomic E-state index is 14.2. The molecular weight excluding hydrogens is 528 g/mol. The van der Waals surface area contributed by atoms with Crippen molar-refractivity contribution in [2.75, 3.05) is 50.1 Å². The molecule has 0 amide bonds. The quantitative estimate of drug-likeness (QED) is 0.410. The standard InChI is InChI=1S/C30H39F2N7O2/c1-19-5-10-22-24(16-19)39(29(34-22)28(31)32)27-18-26(38-12-14-41-15-13-38)35-30(36-27)33-21-8-6-20(7-9-21)17-25(40)23-4-3-11-37(23)2/h5,10,16,18,20-21,23,28H,3-4,6-9,11-15,17H2,1-2H3,(H,33,35,36)/t20?,21?,23-/m0/s1. The van der Waals surface area contributed by atoms with Gasteiger partial charge in [-0.2, -0.15) is 9.97 Å². The minimum atomic E-state index is -2.76. The molecule has 2 aliphatic heterocycles. The third-order valence-electron chi connectivity index (χ3n) is 8.86. The molecule has 3 aliphatic rings. The predicted molar refractivity (Wildman–Crippen MR) is 154 cm³/mol. The van der Waals surface area contributed by atoms with Crippen LogP contribution >= 0.6 is 0 Å². The van der Waals surface area contributed by atoms with Gasteiger partial charge in [-0.1, -0.05) is 6.07 Å². The molecule has 2 aromatic heterocycles. The molecule has 0 spiro atoms. The Balaban J connectivity index is 1.24. The van der Waals surface area contributed by atoms with Crippen molar-refractivity contribution < 1.29 is 18.3 Å². The van der Waals surface area contributed by atoms with Crippen LogP contribution in [0.4, 0.5) is 20.5 Å². The number of halogens is 2. The van der Waals surface area contributed by atoms with Gasteiger partial charge in [0.2, 0.25) is 5.95 Å². The van der Waals surface area contributed by atoms with Gasteiger partial charge in [0.05, 0.1) is 30.3 Å². The number of morpholine rings is 1. The highest BCUT2D eigenvalue weighted by atomic mass is 19.3. The van der Waals surface area contributed by atoms with Gasteiger partial charge in [0.1, 0.15) is 17.4 Å². The summed E-state index contributed by atoms with van der Waals surface area (Å²) in [7, 11) is 2.05. The van der Waals surface area contributed by atoms with E-state index in [9.17, 15) is 13.6 Å². The molecule has 2 saturated heterocycles. The van der Waals surface area contributed by atoms with Crippen LogP contribution in [0.1, 0.15) is 62.8 Å². The maximum Gasteiger partial charge on any atom is 0.296 e. The van der Waals surface area contributed by atoms with Crippen LogP contribution < -0.4 is 10.2 Å². The number of benzene rings is 1. The summed E-state index contributed by atoms with van der Waals surface area (Å²) in [6, 6.07) is 7.51. The van der Waals surface area contributed by atoms with Crippen molar-refractivity contribution in [1.29, 1.82) is 0 Å². The first-order valence-electron chi connectivity index (χ1n) is 14.8. The number of aryl methyl sites for hydroxylation is 1. The SMILES string of the molecule is Cc1ccc2nc(C(F)F)n(-c3cc(N4CCOCC4)nc(NC4CCC(CC(=O)[C@@H]5CCCN5C)CC4)n3)c2c1. The van der Waals surface area contributed by atoms with Crippen LogP contribution in [0.2, 0.25) is 0 Å². The van der Waals surface area contributed by atoms with E-state index < -0.39 is 6.43 Å². The molecule has 0 bridgehead atoms. The molecule has 3 fully saturated rings. The van der Waals surface area contributed by atoms with Gasteiger partial charge < -0.3 is 15.0 Å². The Morgan fingerprint density at radius 2 is 1.78 bits per heavy atom. The van der Waals surface area contributed by atoms with E-state index in [-0.39, 0.29) is 17.9 Å². The van der Waals surface area contributed by atoms with E-state index in [0.717, 1.165) is 50.6 Å². The Hall–Kier alpha value is -3.18. The molecule has 220 valence electrons. The van der Waals surface area contributed by atoms with Crippen molar-refractivity contribution in [3.05, 3.63) is 35.7 Å². The molecule has 3 aromatic rings. The second-order valence-electron chi connectivity index (χ2n) is 11.8. The molecule has 1 aliphatic carbocycles. The van der Waals surface area contributed by atoms with Gasteiger partial charge >= 0.3 is 0 Å². The highest BCUT2D eigenvalue weighted by Crippen LogP contribution is 2.33. The molecule has 1 aromatic carbocycles. The number of aromatic nitrogens is 4. The first kappa shape index (κ1) is 28.0. The number of hydrogen-bond acceptors (Lipinski definition) is 8. The van der Waals surface area contributed by atoms with E-state index in [1.54, 1.807) is 12.1 Å². The lowest BCUT2D eigenvalue weighted by Crippen LogP contribution is -2.37. The monoisotopic (exact) mass is 567 g/mol. The average molecular weight is 568 g/mol. The summed E-state index contributed by atoms with van der Waals surface area (Å²) in [5.74, 6) is 1.92. The van der Waals surface area contributed by atoms with Crippen molar-refractivity contribution in [2.24, 2.45) is 5.92 Å². The number of alkyl halides is 2. The Labute approximate surface area is 239 Å². The number of Topliss-reactive ketones (excluding diaryl/α,β-unsaturated/α-hetero) is 1. The fraction of sp³-hybridized carbons (Fsp3) is 0.600. The number of imidazole rings is 1. The van der Waals surface area contributed by atoms with Crippen molar-refractivity contribution in [3.63, 3.8) is 0 Å². The van der Waals surface area contributed by atoms with Crippen LogP contribution in [0, 0.1) is 12.8 Å². The van der Waals surface area contributed by atoms with Crippen LogP contribution in [-0.2, 0) is 9.53 Å². The van der Waals surface area contributed by atoms with E-state index in [1.807, 2.05) is 26.1 Å². The number of ketones is 1. The number of likely N-dealkylation sites (tertiary alicyclic amines) is 1. The van der Waals surface area contributed by atoms with Gasteiger partial charge in [0, 0.05) is 31.6 Å². The second-order valence-corrected chi connectivity index (χ2v) is 11.8. The average Bonchev–Trinajstić information content (AvgIpc) is 3.58. The smallest absolute Gasteiger partial charge is 0.296 e. The largest absolute Gasteiger partial charge is 0.378 e. The minimum Gasteiger partial charge on any atom is -0.378 e. The number of anilines is 2. The van der Waals surface area contributed by atoms with E-state index in [1.165, 1.54) is 4.57 Å². The van der Waals surface area contributed by atoms with Crippen LogP contribution in [0.3, 0.4) is 0 Å². The zero-order valence-corrected chi connectivity index (χ0v) is 23.9. The first-order valence-corrected chi connectivity index (χ1v) is 14.8. The van der Waals surface area contributed by atoms with Gasteiger partial charge in [-0.05, 0) is 82.7 Å². The topological polar surface area (TPSA) is 88.4 Å². The summed E-state index contributed by atoms with van der Waals surface area (Å²) in [5.41, 5.74) is 2.05. The van der Waals surface area contributed by atoms with Crippen molar-refractivity contribution >= 4 is 28.6 Å². The Bertz CT molecular complexity index is 1380. The number of carbonyl (C=O) groups excluding carboxylic acids is 1. The highest BCUT2D eigenvalue weighted by Gasteiger charge is 2.31. The number of nitrogens with one attached hydrogen (secondary N) is 1. The van der Waals surface area contributed by atoms with Gasteiger partial charge in [0.25, 0.3) is 6.43 Å². The molecule has 11 heteroatoms. The second kappa shape index (κ2) is 12.0. The molecule has 1 atom stereocenters. The fourth-order valence-electron chi connectivity index (χ4n) is 6.58. The Kier molecular flexibility index (Phi) is 8.16. The number of rotatable bonds is 8. The van der Waals surface area contributed by atoms with Crippen LogP contribution in [0.25, 0.3) is 16.9 Å². The van der Waals surface area contributed by atoms with Gasteiger partial charge in [0.15, 0.2) is 5.82 Å². The minimum absolute atomic E-state index is 0.0850. The van der Waals surface area contributed by atoms with Gasteiger partial charge in [-0.3, -0.25) is 14.3 Å². The van der Waals surface area contributed by atoms with Crippen molar-refractivity contribution in [2.45, 2.75) is 70.4 Å². The van der Waals surface area contributed by atoms with E-state index in [2.05, 4.69) is 20.1 Å². The van der Waals surface area contributed by atoms with Gasteiger partial charge in [-0.15, -0.1) is 0 Å². The summed E-state index contributed by atoms with van der Waals surface area (Å²) >= 11 is 0. The molecule has 1 N–H and O–H groups in total. The summed E-state index contributed by atoms with van der Waals surface area (Å²) in [6.45, 7) is 5.42. The molecule has 6 rings (SSSR count). The Morgan fingerprint density at radius 3 is 2.49 bits per heavy atom. The van der Waals surface area contributed by atoms with Crippen molar-refractivity contribution in [3.8, 4) is 5.82 Å². The molecule has 41 heavy (non-hydrogen) atoms. The summed E-state index contributed by atoms with van der Waals surface area (Å²) in [5, 5.41) is 3.51. The van der Waals surface area contributed by atoms with Gasteiger partial charge in [-0.25, -0.2) is 13.8 Å². The predicted octanol–water partition coefficient (Wildman–Crippen LogP) is 4.92. The van der Waals surface area contributed by atoms with Crippen LogP contribution in [0.15, 0.2) is 24.3 Å². The maximum atomic E-state index is 14.2. The lowest BCUT2D eigenvalue weighted by atomic mass is 9.82. The molecule has 0 radical (unpaired) electrons. The molecule has 4 heterocycles. The van der Waals surface area contributed by atoms with Crippen LogP contribution in [-0.4, -0.2) is 82.2 Å². The normalized spacial score (nSPS) is 23.9. The lowest BCUT2D eigenvalue weighted by molar-refractivity contribution is -0.124. The molecule has 9 nitrogen and oxygen atoms in total. The van der Waals surface area contributed by atoms with E-state index >= 15 is 0 Å². The number of hydrogen-bond donors (Lipinski definition) is 1. The fourth-order valence-corrected chi connectivity index (χ4v) is 6.58. The third kappa shape index (κ3) is 6.06. The molecule has 0 unspecified atom stereocenters. The van der Waals surface area contributed by atoms with Crippen molar-refractivity contribution in [1.82, 2.24) is 24.4 Å². The lowest BCUT2D eigenvalue weighted by Gasteiger charge is -2.31. The molecule has 1 saturated carbocycles. The van der Waals surface area contributed by atoms with E-state index in [0.29, 0.717) is 73.0 Å². The van der Waals surface area contributed by atoms with Crippen LogP contribution in [0.5, 0.6) is 0 Å². The highest BCUT2D eigenvalue weighted by molar-refractivity contribution is 5.84. The number of ether oxygens (including phenoxy) is 1. The number of nitrogens with zero attached hydrogens (tertiary/aromatic N) is 6. The third-order valence-corrected chi connectivity index (χ3v) is 8.86. The summed E-state index contributed by atoms with van der Waals surface area (Å²) in [4.78, 5) is 31.0. The molecular formula is C30H39F2N7O2. The number of fused-ring (bicyclic) bond motifs is 1. The Morgan fingerprint density at radius 1 is 1.02 bits per heavy atom. The summed E-state index contributed by atoms with van der Waals surface area (Å²) < 4.78 is 35.5. The first-order chi connectivity index (χ1) is 19.9. The number of carbonyl (C=O) groups is 1.